The number of carbonyl (C=O) groups is 3. The maximum Gasteiger partial charge on any atom is 0.302 e. The van der Waals surface area contributed by atoms with Crippen molar-refractivity contribution < 1.29 is 19.1 Å². The van der Waals surface area contributed by atoms with Crippen LogP contribution in [0.2, 0.25) is 0 Å². The molecule has 0 aliphatic rings. The number of nitrogens with one attached hydrogen (secondary N) is 1. The summed E-state index contributed by atoms with van der Waals surface area (Å²) in [6, 6.07) is 8.85. The van der Waals surface area contributed by atoms with E-state index in [-0.39, 0.29) is 36.5 Å². The first-order chi connectivity index (χ1) is 11.9. The van der Waals surface area contributed by atoms with E-state index in [2.05, 4.69) is 10.3 Å². The molecule has 1 heterocycles. The number of amides is 2. The minimum Gasteiger partial charge on any atom is -0.464 e. The molecule has 1 aromatic carbocycles. The summed E-state index contributed by atoms with van der Waals surface area (Å²) in [6.45, 7) is 3.14. The molecule has 8 nitrogen and oxygen atoms in total. The van der Waals surface area contributed by atoms with Crippen LogP contribution in [0.3, 0.4) is 0 Å². The lowest BCUT2D eigenvalue weighted by Gasteiger charge is -2.17. The zero-order valence-corrected chi connectivity index (χ0v) is 14.1. The van der Waals surface area contributed by atoms with E-state index in [9.17, 15) is 14.4 Å². The molecule has 1 aromatic heterocycles. The van der Waals surface area contributed by atoms with Crippen molar-refractivity contribution in [3.05, 3.63) is 47.9 Å². The molecule has 25 heavy (non-hydrogen) atoms. The predicted octanol–water partition coefficient (Wildman–Crippen LogP) is 1.29. The fourth-order valence-corrected chi connectivity index (χ4v) is 2.28. The summed E-state index contributed by atoms with van der Waals surface area (Å²) < 4.78 is 6.51. The summed E-state index contributed by atoms with van der Waals surface area (Å²) in [6.07, 6.45) is 1.52. The van der Waals surface area contributed by atoms with Crippen molar-refractivity contribution >= 4 is 23.6 Å². The van der Waals surface area contributed by atoms with Crippen molar-refractivity contribution in [2.45, 2.75) is 26.3 Å². The van der Waals surface area contributed by atoms with Crippen molar-refractivity contribution in [3.63, 3.8) is 0 Å². The Morgan fingerprint density at radius 1 is 1.28 bits per heavy atom. The SMILES string of the molecule is CC(=O)OCC(C)n1cnc(C(N)=O)c1NC(=O)Cc1ccccc1. The Morgan fingerprint density at radius 3 is 2.56 bits per heavy atom. The molecule has 0 radical (unpaired) electrons. The van der Waals surface area contributed by atoms with Gasteiger partial charge in [0.1, 0.15) is 12.4 Å². The minimum atomic E-state index is -0.756. The molecule has 1 unspecified atom stereocenters. The number of nitrogens with zero attached hydrogens (tertiary/aromatic N) is 2. The number of primary amides is 1. The molecule has 132 valence electrons. The summed E-state index contributed by atoms with van der Waals surface area (Å²) in [7, 11) is 0. The van der Waals surface area contributed by atoms with Gasteiger partial charge in [0, 0.05) is 6.92 Å². The van der Waals surface area contributed by atoms with E-state index < -0.39 is 11.9 Å². The summed E-state index contributed by atoms with van der Waals surface area (Å²) in [5.41, 5.74) is 6.11. The molecule has 1 atom stereocenters. The largest absolute Gasteiger partial charge is 0.464 e. The van der Waals surface area contributed by atoms with Crippen LogP contribution in [0.25, 0.3) is 0 Å². The van der Waals surface area contributed by atoms with Crippen molar-refractivity contribution in [1.82, 2.24) is 9.55 Å². The third-order valence-electron chi connectivity index (χ3n) is 3.50. The molecule has 0 saturated carbocycles. The third-order valence-corrected chi connectivity index (χ3v) is 3.50. The second-order valence-corrected chi connectivity index (χ2v) is 5.58. The van der Waals surface area contributed by atoms with Crippen molar-refractivity contribution in [3.8, 4) is 0 Å². The smallest absolute Gasteiger partial charge is 0.302 e. The number of ether oxygens (including phenoxy) is 1. The van der Waals surface area contributed by atoms with Gasteiger partial charge >= 0.3 is 5.97 Å². The highest BCUT2D eigenvalue weighted by atomic mass is 16.5. The maximum absolute atomic E-state index is 12.3. The highest BCUT2D eigenvalue weighted by Crippen LogP contribution is 2.20. The summed E-state index contributed by atoms with van der Waals surface area (Å²) in [5.74, 6) is -1.30. The first-order valence-corrected chi connectivity index (χ1v) is 7.72. The second-order valence-electron chi connectivity index (χ2n) is 5.58. The van der Waals surface area contributed by atoms with Crippen LogP contribution in [-0.2, 0) is 20.7 Å². The highest BCUT2D eigenvalue weighted by molar-refractivity contribution is 6.01. The van der Waals surface area contributed by atoms with E-state index in [1.807, 2.05) is 30.3 Å². The summed E-state index contributed by atoms with van der Waals surface area (Å²) >= 11 is 0. The fraction of sp³-hybridized carbons (Fsp3) is 0.294. The van der Waals surface area contributed by atoms with Gasteiger partial charge in [0.05, 0.1) is 18.8 Å². The van der Waals surface area contributed by atoms with Crippen LogP contribution in [0.15, 0.2) is 36.7 Å². The van der Waals surface area contributed by atoms with E-state index in [1.165, 1.54) is 13.3 Å². The number of hydrogen-bond acceptors (Lipinski definition) is 5. The molecule has 0 spiro atoms. The Labute approximate surface area is 145 Å². The number of benzene rings is 1. The zero-order valence-electron chi connectivity index (χ0n) is 14.1. The fourth-order valence-electron chi connectivity index (χ4n) is 2.28. The van der Waals surface area contributed by atoms with Crippen LogP contribution >= 0.6 is 0 Å². The Bertz CT molecular complexity index is 770. The summed E-state index contributed by atoms with van der Waals surface area (Å²) in [4.78, 5) is 38.8. The standard InChI is InChI=1S/C17H20N4O4/c1-11(9-25-12(2)22)21-10-19-15(16(18)24)17(21)20-14(23)8-13-6-4-3-5-7-13/h3-7,10-11H,8-9H2,1-2H3,(H2,18,24)(H,20,23). The molecule has 0 fully saturated rings. The predicted molar refractivity (Wildman–Crippen MR) is 90.9 cm³/mol. The topological polar surface area (TPSA) is 116 Å². The molecular weight excluding hydrogens is 324 g/mol. The van der Waals surface area contributed by atoms with Crippen molar-refractivity contribution in [2.75, 3.05) is 11.9 Å². The van der Waals surface area contributed by atoms with Crippen LogP contribution in [0.5, 0.6) is 0 Å². The lowest BCUT2D eigenvalue weighted by Crippen LogP contribution is -2.23. The van der Waals surface area contributed by atoms with Gasteiger partial charge in [-0.3, -0.25) is 14.4 Å². The van der Waals surface area contributed by atoms with Crippen molar-refractivity contribution in [2.24, 2.45) is 5.73 Å². The monoisotopic (exact) mass is 344 g/mol. The lowest BCUT2D eigenvalue weighted by molar-refractivity contribution is -0.141. The van der Waals surface area contributed by atoms with E-state index in [4.69, 9.17) is 10.5 Å². The van der Waals surface area contributed by atoms with Gasteiger partial charge in [0.15, 0.2) is 5.69 Å². The highest BCUT2D eigenvalue weighted by Gasteiger charge is 2.21. The molecule has 3 N–H and O–H groups in total. The molecule has 0 bridgehead atoms. The molecule has 2 aromatic rings. The molecule has 0 saturated heterocycles. The van der Waals surface area contributed by atoms with E-state index in [1.54, 1.807) is 11.5 Å². The third kappa shape index (κ3) is 4.90. The maximum atomic E-state index is 12.3. The lowest BCUT2D eigenvalue weighted by atomic mass is 10.1. The average Bonchev–Trinajstić information content (AvgIpc) is 2.97. The van der Waals surface area contributed by atoms with Crippen molar-refractivity contribution in [1.29, 1.82) is 0 Å². The van der Waals surface area contributed by atoms with Gasteiger partial charge in [-0.15, -0.1) is 0 Å². The second kappa shape index (κ2) is 8.09. The van der Waals surface area contributed by atoms with Crippen LogP contribution < -0.4 is 11.1 Å². The number of aromatic nitrogens is 2. The van der Waals surface area contributed by atoms with E-state index in [0.717, 1.165) is 5.56 Å². The molecule has 8 heteroatoms. The Balaban J connectivity index is 2.19. The molecule has 0 aliphatic carbocycles. The molecule has 2 rings (SSSR count). The van der Waals surface area contributed by atoms with Gasteiger partial charge in [-0.1, -0.05) is 30.3 Å². The number of carbonyl (C=O) groups excluding carboxylic acids is 3. The number of imidazole rings is 1. The number of nitrogens with two attached hydrogens (primary N) is 1. The van der Waals surface area contributed by atoms with Gasteiger partial charge in [-0.25, -0.2) is 4.98 Å². The van der Waals surface area contributed by atoms with Crippen LogP contribution in [0.4, 0.5) is 5.82 Å². The van der Waals surface area contributed by atoms with Gasteiger partial charge in [-0.2, -0.15) is 0 Å². The Hall–Kier alpha value is -3.16. The van der Waals surface area contributed by atoms with Gasteiger partial charge < -0.3 is 20.4 Å². The Morgan fingerprint density at radius 2 is 1.96 bits per heavy atom. The normalized spacial score (nSPS) is 11.6. The molecule has 0 aliphatic heterocycles. The van der Waals surface area contributed by atoms with Gasteiger partial charge in [0.2, 0.25) is 5.91 Å². The quantitative estimate of drug-likeness (QED) is 0.734. The zero-order chi connectivity index (χ0) is 18.4. The molecule has 2 amide bonds. The van der Waals surface area contributed by atoms with Crippen LogP contribution in [0, 0.1) is 0 Å². The van der Waals surface area contributed by atoms with Crippen LogP contribution in [0.1, 0.15) is 35.9 Å². The number of hydrogen-bond donors (Lipinski definition) is 2. The van der Waals surface area contributed by atoms with E-state index in [0.29, 0.717) is 0 Å². The first kappa shape index (κ1) is 18.2. The first-order valence-electron chi connectivity index (χ1n) is 7.72. The van der Waals surface area contributed by atoms with Gasteiger partial charge in [0.25, 0.3) is 5.91 Å². The number of esters is 1. The van der Waals surface area contributed by atoms with E-state index >= 15 is 0 Å². The number of anilines is 1. The summed E-state index contributed by atoms with van der Waals surface area (Å²) in [5, 5.41) is 2.68. The molecular formula is C17H20N4O4. The Kier molecular flexibility index (Phi) is 5.89. The van der Waals surface area contributed by atoms with Gasteiger partial charge in [-0.05, 0) is 12.5 Å². The average molecular weight is 344 g/mol. The minimum absolute atomic E-state index is 0.0453. The van der Waals surface area contributed by atoms with Crippen LogP contribution in [-0.4, -0.2) is 33.9 Å². The number of rotatable bonds is 7.